The highest BCUT2D eigenvalue weighted by Crippen LogP contribution is 2.48. The molecule has 1 atom stereocenters. The summed E-state index contributed by atoms with van der Waals surface area (Å²) >= 11 is 6.25. The van der Waals surface area contributed by atoms with Gasteiger partial charge in [0.15, 0.2) is 5.43 Å². The predicted octanol–water partition coefficient (Wildman–Crippen LogP) is 5.22. The molecule has 0 unspecified atom stereocenters. The largest absolute Gasteiger partial charge is 0.492 e. The molecule has 3 aromatic rings. The summed E-state index contributed by atoms with van der Waals surface area (Å²) in [6.45, 7) is 4.86. The number of hydrogen-bond acceptors (Lipinski definition) is 3. The quantitative estimate of drug-likeness (QED) is 0.612. The molecule has 158 valence electrons. The lowest BCUT2D eigenvalue weighted by atomic mass is 9.82. The Kier molecular flexibility index (Phi) is 4.67. The number of benzene rings is 2. The van der Waals surface area contributed by atoms with E-state index in [9.17, 15) is 14.7 Å². The number of carbonyl (C=O) groups is 1. The Hall–Kier alpha value is -3.05. The molecule has 0 fully saturated rings. The van der Waals surface area contributed by atoms with Gasteiger partial charge in [-0.15, -0.1) is 0 Å². The topological polar surface area (TPSA) is 68.5 Å². The van der Waals surface area contributed by atoms with E-state index in [0.717, 1.165) is 41.0 Å². The molecule has 1 N–H and O–H groups in total. The predicted molar refractivity (Wildman–Crippen MR) is 120 cm³/mol. The van der Waals surface area contributed by atoms with Gasteiger partial charge in [0, 0.05) is 46.4 Å². The molecule has 5 nitrogen and oxygen atoms in total. The monoisotopic (exact) mass is 435 g/mol. The average molecular weight is 436 g/mol. The molecule has 0 amide bonds. The fourth-order valence-electron chi connectivity index (χ4n) is 4.84. The molecule has 0 bridgehead atoms. The summed E-state index contributed by atoms with van der Waals surface area (Å²) in [5, 5.41) is 10.1. The lowest BCUT2D eigenvalue weighted by Gasteiger charge is -2.34. The summed E-state index contributed by atoms with van der Waals surface area (Å²) in [5.74, 6) is -0.0429. The van der Waals surface area contributed by atoms with E-state index in [4.69, 9.17) is 16.3 Å². The third-order valence-electron chi connectivity index (χ3n) is 6.36. The maximum absolute atomic E-state index is 12.6. The summed E-state index contributed by atoms with van der Waals surface area (Å²) in [4.78, 5) is 24.2. The van der Waals surface area contributed by atoms with Crippen molar-refractivity contribution in [3.05, 3.63) is 74.5 Å². The number of halogens is 1. The van der Waals surface area contributed by atoms with Crippen molar-refractivity contribution < 1.29 is 14.6 Å². The van der Waals surface area contributed by atoms with Crippen LogP contribution in [0.2, 0.25) is 5.02 Å². The lowest BCUT2D eigenvalue weighted by molar-refractivity contribution is 0.0694. The number of ether oxygens (including phenoxy) is 1. The number of aromatic carboxylic acids is 1. The van der Waals surface area contributed by atoms with Crippen molar-refractivity contribution in [1.82, 2.24) is 4.57 Å². The first-order chi connectivity index (χ1) is 14.8. The van der Waals surface area contributed by atoms with Crippen molar-refractivity contribution in [2.75, 3.05) is 6.61 Å². The molecule has 6 heteroatoms. The molecule has 0 saturated carbocycles. The molecule has 31 heavy (non-hydrogen) atoms. The van der Waals surface area contributed by atoms with Crippen LogP contribution in [-0.4, -0.2) is 22.2 Å². The summed E-state index contributed by atoms with van der Waals surface area (Å²) in [5.41, 5.74) is 5.32. The van der Waals surface area contributed by atoms with Gasteiger partial charge < -0.3 is 14.4 Å². The molecule has 3 heterocycles. The number of nitrogens with zero attached hydrogens (tertiary/aromatic N) is 1. The average Bonchev–Trinajstić information content (AvgIpc) is 3.22. The Morgan fingerprint density at radius 2 is 2.00 bits per heavy atom. The number of carboxylic acids is 1. The van der Waals surface area contributed by atoms with E-state index in [1.54, 1.807) is 0 Å². The van der Waals surface area contributed by atoms with Gasteiger partial charge in [-0.05, 0) is 41.7 Å². The zero-order valence-electron chi connectivity index (χ0n) is 17.3. The van der Waals surface area contributed by atoms with E-state index in [1.807, 2.05) is 28.8 Å². The molecule has 2 aliphatic rings. The smallest absolute Gasteiger partial charge is 0.341 e. The number of hydrogen-bond donors (Lipinski definition) is 1. The van der Waals surface area contributed by atoms with E-state index in [-0.39, 0.29) is 17.5 Å². The molecule has 2 aliphatic heterocycles. The molecule has 5 rings (SSSR count). The van der Waals surface area contributed by atoms with Crippen LogP contribution < -0.4 is 10.2 Å². The van der Waals surface area contributed by atoms with E-state index >= 15 is 0 Å². The minimum Gasteiger partial charge on any atom is -0.492 e. The third-order valence-corrected chi connectivity index (χ3v) is 6.59. The van der Waals surface area contributed by atoms with Gasteiger partial charge in [-0.25, -0.2) is 4.79 Å². The zero-order valence-corrected chi connectivity index (χ0v) is 18.1. The van der Waals surface area contributed by atoms with Crippen molar-refractivity contribution in [3.63, 3.8) is 0 Å². The first kappa shape index (κ1) is 19.9. The van der Waals surface area contributed by atoms with Crippen LogP contribution in [0.3, 0.4) is 0 Å². The number of aromatic nitrogens is 1. The minimum atomic E-state index is -1.20. The van der Waals surface area contributed by atoms with Crippen LogP contribution in [0.1, 0.15) is 41.4 Å². The Bertz CT molecular complexity index is 1290. The molecule has 0 saturated heterocycles. The van der Waals surface area contributed by atoms with Gasteiger partial charge in [0.25, 0.3) is 0 Å². The fraction of sp³-hybridized carbons (Fsp3) is 0.280. The highest BCUT2D eigenvalue weighted by atomic mass is 35.5. The molecule has 2 aromatic carbocycles. The van der Waals surface area contributed by atoms with Gasteiger partial charge in [-0.3, -0.25) is 4.79 Å². The molecule has 0 radical (unpaired) electrons. The standard InChI is InChI=1S/C25H22ClNO4/c1-13(2)21-10-18-16-6-7-31-24(16)17(14-4-3-5-15(26)8-14)9-19(18)22-11-23(28)20(25(29)30)12-27(21)22/h3-5,8-9,11-13,21H,6-7,10H2,1-2H3,(H,29,30)/t21-/m0/s1. The Labute approximate surface area is 184 Å². The van der Waals surface area contributed by atoms with Crippen LogP contribution in [0.4, 0.5) is 0 Å². The van der Waals surface area contributed by atoms with Crippen molar-refractivity contribution in [1.29, 1.82) is 0 Å². The van der Waals surface area contributed by atoms with Crippen LogP contribution in [0.15, 0.2) is 47.4 Å². The fourth-order valence-corrected chi connectivity index (χ4v) is 5.03. The van der Waals surface area contributed by atoms with Crippen molar-refractivity contribution in [2.45, 2.75) is 32.7 Å². The van der Waals surface area contributed by atoms with Gasteiger partial charge in [0.05, 0.1) is 12.3 Å². The second-order valence-electron chi connectivity index (χ2n) is 8.53. The van der Waals surface area contributed by atoms with E-state index in [0.29, 0.717) is 11.6 Å². The van der Waals surface area contributed by atoms with Crippen molar-refractivity contribution >= 4 is 17.6 Å². The number of carboxylic acid groups (broad SMARTS) is 1. The Morgan fingerprint density at radius 1 is 1.19 bits per heavy atom. The summed E-state index contributed by atoms with van der Waals surface area (Å²) in [7, 11) is 0. The van der Waals surface area contributed by atoms with Crippen LogP contribution in [0.25, 0.3) is 22.4 Å². The minimum absolute atomic E-state index is 0.0583. The Balaban J connectivity index is 1.82. The zero-order chi connectivity index (χ0) is 21.9. The highest BCUT2D eigenvalue weighted by molar-refractivity contribution is 6.30. The second-order valence-corrected chi connectivity index (χ2v) is 8.97. The van der Waals surface area contributed by atoms with Gasteiger partial charge in [0.2, 0.25) is 0 Å². The SMILES string of the molecule is CC(C)[C@@H]1Cc2c(cc(-c3cccc(Cl)c3)c3c2CCO3)-c2cc(=O)c(C(=O)O)cn21. The number of pyridine rings is 1. The van der Waals surface area contributed by atoms with Crippen molar-refractivity contribution in [2.24, 2.45) is 5.92 Å². The van der Waals surface area contributed by atoms with Crippen molar-refractivity contribution in [3.8, 4) is 28.1 Å². The van der Waals surface area contributed by atoms with Crippen LogP contribution in [-0.2, 0) is 12.8 Å². The number of rotatable bonds is 3. The first-order valence-electron chi connectivity index (χ1n) is 10.4. The highest BCUT2D eigenvalue weighted by Gasteiger charge is 2.33. The first-order valence-corrected chi connectivity index (χ1v) is 10.8. The Morgan fingerprint density at radius 3 is 2.71 bits per heavy atom. The van der Waals surface area contributed by atoms with Crippen LogP contribution in [0.5, 0.6) is 5.75 Å². The summed E-state index contributed by atoms with van der Waals surface area (Å²) < 4.78 is 8.03. The summed E-state index contributed by atoms with van der Waals surface area (Å²) in [6.07, 6.45) is 3.09. The van der Waals surface area contributed by atoms with Gasteiger partial charge in [-0.2, -0.15) is 0 Å². The van der Waals surface area contributed by atoms with Gasteiger partial charge >= 0.3 is 5.97 Å². The van der Waals surface area contributed by atoms with E-state index < -0.39 is 11.4 Å². The molecule has 0 aliphatic carbocycles. The van der Waals surface area contributed by atoms with Crippen LogP contribution in [0, 0.1) is 5.92 Å². The maximum Gasteiger partial charge on any atom is 0.341 e. The maximum atomic E-state index is 12.6. The number of fused-ring (bicyclic) bond motifs is 5. The van der Waals surface area contributed by atoms with Gasteiger partial charge in [-0.1, -0.05) is 37.6 Å². The molecular weight excluding hydrogens is 414 g/mol. The van der Waals surface area contributed by atoms with E-state index in [1.165, 1.54) is 23.4 Å². The van der Waals surface area contributed by atoms with Gasteiger partial charge in [0.1, 0.15) is 11.3 Å². The normalized spacial score (nSPS) is 16.5. The van der Waals surface area contributed by atoms with E-state index in [2.05, 4.69) is 19.9 Å². The second kappa shape index (κ2) is 7.27. The third kappa shape index (κ3) is 3.15. The molecule has 1 aromatic heterocycles. The summed E-state index contributed by atoms with van der Waals surface area (Å²) in [6, 6.07) is 11.2. The lowest BCUT2D eigenvalue weighted by Crippen LogP contribution is -2.28. The molecule has 0 spiro atoms. The molecular formula is C25H22ClNO4. The van der Waals surface area contributed by atoms with Crippen LogP contribution >= 0.6 is 11.6 Å².